The highest BCUT2D eigenvalue weighted by Gasteiger charge is 2.07. The Balaban J connectivity index is 3.00. The van der Waals surface area contributed by atoms with Gasteiger partial charge < -0.3 is 9.52 Å². The zero-order valence-corrected chi connectivity index (χ0v) is 7.08. The van der Waals surface area contributed by atoms with Gasteiger partial charge in [0.2, 0.25) is 0 Å². The van der Waals surface area contributed by atoms with Crippen LogP contribution in [-0.2, 0) is 4.79 Å². The van der Waals surface area contributed by atoms with Gasteiger partial charge in [-0.1, -0.05) is 0 Å². The van der Waals surface area contributed by atoms with Crippen LogP contribution in [-0.4, -0.2) is 11.1 Å². The SMILES string of the molecule is N#C/C(=C/c1ccc(Cl)o1)C(=O)O. The normalized spacial score (nSPS) is 10.9. The number of nitrogens with zero attached hydrogens (tertiary/aromatic N) is 1. The van der Waals surface area contributed by atoms with Gasteiger partial charge in [0.15, 0.2) is 5.22 Å². The molecule has 0 radical (unpaired) electrons. The summed E-state index contributed by atoms with van der Waals surface area (Å²) in [6, 6.07) is 4.46. The molecule has 0 aliphatic heterocycles. The van der Waals surface area contributed by atoms with Gasteiger partial charge in [0, 0.05) is 6.08 Å². The van der Waals surface area contributed by atoms with Crippen molar-refractivity contribution in [2.75, 3.05) is 0 Å². The fraction of sp³-hybridized carbons (Fsp3) is 0. The maximum absolute atomic E-state index is 10.4. The highest BCUT2D eigenvalue weighted by atomic mass is 35.5. The second-order valence-corrected chi connectivity index (χ2v) is 2.49. The molecule has 0 aromatic carbocycles. The molecule has 5 heteroatoms. The summed E-state index contributed by atoms with van der Waals surface area (Å²) in [5.74, 6) is -1.06. The molecule has 1 N–H and O–H groups in total. The van der Waals surface area contributed by atoms with E-state index in [4.69, 9.17) is 26.4 Å². The zero-order chi connectivity index (χ0) is 9.84. The van der Waals surface area contributed by atoms with Crippen molar-refractivity contribution >= 4 is 23.6 Å². The maximum Gasteiger partial charge on any atom is 0.346 e. The van der Waals surface area contributed by atoms with Crippen molar-refractivity contribution in [2.24, 2.45) is 0 Å². The van der Waals surface area contributed by atoms with Gasteiger partial charge in [-0.15, -0.1) is 0 Å². The number of halogens is 1. The predicted molar refractivity (Wildman–Crippen MR) is 44.9 cm³/mol. The van der Waals surface area contributed by atoms with Crippen molar-refractivity contribution in [3.63, 3.8) is 0 Å². The van der Waals surface area contributed by atoms with Gasteiger partial charge in [0.05, 0.1) is 0 Å². The average molecular weight is 198 g/mol. The monoisotopic (exact) mass is 197 g/mol. The third kappa shape index (κ3) is 2.36. The van der Waals surface area contributed by atoms with E-state index in [9.17, 15) is 4.79 Å². The van der Waals surface area contributed by atoms with E-state index in [2.05, 4.69) is 0 Å². The molecule has 0 saturated heterocycles. The lowest BCUT2D eigenvalue weighted by Crippen LogP contribution is -1.96. The Labute approximate surface area is 78.6 Å². The Bertz CT molecular complexity index is 400. The first kappa shape index (κ1) is 9.36. The minimum atomic E-state index is -1.30. The minimum absolute atomic E-state index is 0.147. The first-order valence-corrected chi connectivity index (χ1v) is 3.61. The molecule has 0 amide bonds. The van der Waals surface area contributed by atoms with E-state index in [0.717, 1.165) is 6.08 Å². The van der Waals surface area contributed by atoms with Gasteiger partial charge in [-0.2, -0.15) is 5.26 Å². The number of rotatable bonds is 2. The molecular formula is C8H4ClNO3. The summed E-state index contributed by atoms with van der Waals surface area (Å²) >= 11 is 5.44. The van der Waals surface area contributed by atoms with E-state index in [0.29, 0.717) is 0 Å². The first-order valence-electron chi connectivity index (χ1n) is 3.24. The van der Waals surface area contributed by atoms with E-state index >= 15 is 0 Å². The lowest BCUT2D eigenvalue weighted by molar-refractivity contribution is -0.132. The number of carboxylic acid groups (broad SMARTS) is 1. The van der Waals surface area contributed by atoms with Crippen LogP contribution in [0.2, 0.25) is 5.22 Å². The van der Waals surface area contributed by atoms with Crippen LogP contribution >= 0.6 is 11.6 Å². The van der Waals surface area contributed by atoms with E-state index in [1.807, 2.05) is 0 Å². The maximum atomic E-state index is 10.4. The fourth-order valence-electron chi connectivity index (χ4n) is 0.690. The van der Waals surface area contributed by atoms with Crippen molar-refractivity contribution in [3.8, 4) is 6.07 Å². The van der Waals surface area contributed by atoms with E-state index in [1.165, 1.54) is 18.2 Å². The third-order valence-corrected chi connectivity index (χ3v) is 1.43. The van der Waals surface area contributed by atoms with E-state index in [-0.39, 0.29) is 11.0 Å². The van der Waals surface area contributed by atoms with Crippen molar-refractivity contribution in [1.82, 2.24) is 0 Å². The molecule has 0 saturated carbocycles. The fourth-order valence-corrected chi connectivity index (χ4v) is 0.842. The number of carboxylic acids is 1. The summed E-state index contributed by atoms with van der Waals surface area (Å²) in [5, 5.41) is 17.0. The third-order valence-electron chi connectivity index (χ3n) is 1.23. The molecule has 1 aromatic rings. The smallest absolute Gasteiger partial charge is 0.346 e. The molecule has 1 rings (SSSR count). The second kappa shape index (κ2) is 3.78. The molecule has 0 unspecified atom stereocenters. The van der Waals surface area contributed by atoms with Gasteiger partial charge in [-0.3, -0.25) is 0 Å². The molecule has 0 aliphatic rings. The predicted octanol–water partition coefficient (Wildman–Crippen LogP) is 1.92. The Morgan fingerprint density at radius 1 is 1.69 bits per heavy atom. The molecule has 4 nitrogen and oxygen atoms in total. The number of hydrogen-bond acceptors (Lipinski definition) is 3. The van der Waals surface area contributed by atoms with Crippen LogP contribution < -0.4 is 0 Å². The number of carbonyl (C=O) groups is 1. The number of nitriles is 1. The van der Waals surface area contributed by atoms with Crippen LogP contribution in [0.4, 0.5) is 0 Å². The number of hydrogen-bond donors (Lipinski definition) is 1. The Hall–Kier alpha value is -1.73. The summed E-state index contributed by atoms with van der Waals surface area (Å²) in [7, 11) is 0. The zero-order valence-electron chi connectivity index (χ0n) is 6.32. The Kier molecular flexibility index (Phi) is 2.72. The highest BCUT2D eigenvalue weighted by molar-refractivity contribution is 6.28. The van der Waals surface area contributed by atoms with Crippen molar-refractivity contribution in [2.45, 2.75) is 0 Å². The highest BCUT2D eigenvalue weighted by Crippen LogP contribution is 2.15. The summed E-state index contributed by atoms with van der Waals surface area (Å²) in [6.07, 6.45) is 1.11. The quantitative estimate of drug-likeness (QED) is 0.581. The molecule has 1 heterocycles. The van der Waals surface area contributed by atoms with Crippen LogP contribution in [0.5, 0.6) is 0 Å². The molecule has 13 heavy (non-hydrogen) atoms. The van der Waals surface area contributed by atoms with E-state index in [1.54, 1.807) is 0 Å². The van der Waals surface area contributed by atoms with Crippen LogP contribution in [0.15, 0.2) is 22.1 Å². The standard InChI is InChI=1S/C8H4ClNO3/c9-7-2-1-6(13-7)3-5(4-10)8(11)12/h1-3H,(H,11,12)/b5-3-. The van der Waals surface area contributed by atoms with Gasteiger partial charge in [0.1, 0.15) is 17.4 Å². The Morgan fingerprint density at radius 3 is 2.77 bits per heavy atom. The molecular weight excluding hydrogens is 194 g/mol. The average Bonchev–Trinajstić information content (AvgIpc) is 2.46. The van der Waals surface area contributed by atoms with E-state index < -0.39 is 11.5 Å². The topological polar surface area (TPSA) is 74.2 Å². The Morgan fingerprint density at radius 2 is 2.38 bits per heavy atom. The number of furan rings is 1. The molecule has 66 valence electrons. The summed E-state index contributed by atoms with van der Waals surface area (Å²) in [6.45, 7) is 0. The summed E-state index contributed by atoms with van der Waals surface area (Å²) in [5.41, 5.74) is -0.397. The molecule has 0 aliphatic carbocycles. The van der Waals surface area contributed by atoms with Gasteiger partial charge in [0.25, 0.3) is 0 Å². The molecule has 1 aromatic heterocycles. The van der Waals surface area contributed by atoms with Gasteiger partial charge in [-0.25, -0.2) is 4.79 Å². The molecule has 0 spiro atoms. The largest absolute Gasteiger partial charge is 0.477 e. The van der Waals surface area contributed by atoms with Crippen LogP contribution in [0.25, 0.3) is 6.08 Å². The first-order chi connectivity index (χ1) is 6.13. The number of aliphatic carboxylic acids is 1. The molecule has 0 bridgehead atoms. The van der Waals surface area contributed by atoms with Crippen molar-refractivity contribution in [3.05, 3.63) is 28.7 Å². The lowest BCUT2D eigenvalue weighted by atomic mass is 10.2. The van der Waals surface area contributed by atoms with Crippen LogP contribution in [0, 0.1) is 11.3 Å². The minimum Gasteiger partial charge on any atom is -0.477 e. The van der Waals surface area contributed by atoms with Crippen molar-refractivity contribution in [1.29, 1.82) is 5.26 Å². The van der Waals surface area contributed by atoms with Crippen molar-refractivity contribution < 1.29 is 14.3 Å². The van der Waals surface area contributed by atoms with Gasteiger partial charge >= 0.3 is 5.97 Å². The second-order valence-electron chi connectivity index (χ2n) is 2.12. The summed E-state index contributed by atoms with van der Waals surface area (Å²) < 4.78 is 4.84. The van der Waals surface area contributed by atoms with Gasteiger partial charge in [-0.05, 0) is 23.7 Å². The summed E-state index contributed by atoms with van der Waals surface area (Å²) in [4.78, 5) is 10.4. The molecule has 0 atom stereocenters. The lowest BCUT2D eigenvalue weighted by Gasteiger charge is -1.87. The van der Waals surface area contributed by atoms with Crippen LogP contribution in [0.3, 0.4) is 0 Å². The van der Waals surface area contributed by atoms with Crippen LogP contribution in [0.1, 0.15) is 5.76 Å². The molecule has 0 fully saturated rings.